The molecule has 0 bridgehead atoms. The first-order valence-electron chi connectivity index (χ1n) is 8.78. The molecule has 30 heavy (non-hydrogen) atoms. The van der Waals surface area contributed by atoms with Crippen LogP contribution in [0, 0.1) is 10.1 Å². The summed E-state index contributed by atoms with van der Waals surface area (Å²) in [4.78, 5) is 31.1. The molecule has 0 spiro atoms. The lowest BCUT2D eigenvalue weighted by molar-refractivity contribution is -0.384. The van der Waals surface area contributed by atoms with Crippen molar-refractivity contribution >= 4 is 46.3 Å². The molecule has 1 unspecified atom stereocenters. The molecular weight excluding hydrogens is 412 g/mol. The zero-order chi connectivity index (χ0) is 21.3. The second-order valence-electron chi connectivity index (χ2n) is 6.53. The third-order valence-corrected chi connectivity index (χ3v) is 4.83. The molecule has 4 rings (SSSR count). The van der Waals surface area contributed by atoms with Gasteiger partial charge in [-0.15, -0.1) is 0 Å². The highest BCUT2D eigenvalue weighted by molar-refractivity contribution is 6.30. The fourth-order valence-electron chi connectivity index (χ4n) is 3.05. The molecule has 0 saturated carbocycles. The molecule has 1 aliphatic rings. The van der Waals surface area contributed by atoms with Crippen LogP contribution in [0.1, 0.15) is 5.56 Å². The number of para-hydroxylation sites is 1. The van der Waals surface area contributed by atoms with Crippen LogP contribution in [0.15, 0.2) is 54.7 Å². The van der Waals surface area contributed by atoms with E-state index in [2.05, 4.69) is 25.9 Å². The summed E-state index contributed by atoms with van der Waals surface area (Å²) in [6.07, 6.45) is 1.04. The first kappa shape index (κ1) is 19.6. The highest BCUT2D eigenvalue weighted by Gasteiger charge is 2.45. The summed E-state index contributed by atoms with van der Waals surface area (Å²) in [5, 5.41) is 31.1. The van der Waals surface area contributed by atoms with E-state index >= 15 is 0 Å². The summed E-state index contributed by atoms with van der Waals surface area (Å²) in [6.45, 7) is -0.325. The van der Waals surface area contributed by atoms with Crippen LogP contribution in [0.3, 0.4) is 0 Å². The Bertz CT molecular complexity index is 1140. The number of hydrogen-bond donors (Lipinski definition) is 4. The van der Waals surface area contributed by atoms with E-state index in [0.29, 0.717) is 22.0 Å². The van der Waals surface area contributed by atoms with Crippen LogP contribution in [0.4, 0.5) is 28.8 Å². The molecule has 1 aliphatic heterocycles. The minimum Gasteiger partial charge on any atom is -0.374 e. The number of rotatable bonds is 6. The van der Waals surface area contributed by atoms with Crippen LogP contribution in [0.25, 0.3) is 0 Å². The Morgan fingerprint density at radius 2 is 1.93 bits per heavy atom. The lowest BCUT2D eigenvalue weighted by atomic mass is 9.95. The number of nitrogens with zero attached hydrogens (tertiary/aromatic N) is 3. The smallest absolute Gasteiger partial charge is 0.329 e. The Hall–Kier alpha value is -3.76. The Morgan fingerprint density at radius 3 is 2.67 bits per heavy atom. The Kier molecular flexibility index (Phi) is 4.94. The van der Waals surface area contributed by atoms with E-state index in [9.17, 15) is 20.0 Å². The van der Waals surface area contributed by atoms with Crippen LogP contribution in [0.2, 0.25) is 5.02 Å². The molecule has 2 heterocycles. The molecule has 2 aromatic carbocycles. The number of benzene rings is 2. The van der Waals surface area contributed by atoms with Gasteiger partial charge in [-0.05, 0) is 30.3 Å². The maximum absolute atomic E-state index is 12.3. The van der Waals surface area contributed by atoms with Crippen molar-refractivity contribution in [2.24, 2.45) is 0 Å². The second kappa shape index (κ2) is 7.58. The number of anilines is 4. The molecule has 1 aromatic heterocycles. The highest BCUT2D eigenvalue weighted by atomic mass is 35.5. The number of carbonyl (C=O) groups excluding carboxylic acids is 1. The van der Waals surface area contributed by atoms with Crippen molar-refractivity contribution < 1.29 is 14.8 Å². The number of fused-ring (bicyclic) bond motifs is 1. The Balaban J connectivity index is 1.60. The van der Waals surface area contributed by atoms with E-state index in [-0.39, 0.29) is 18.3 Å². The molecule has 152 valence electrons. The minimum atomic E-state index is -1.90. The fraction of sp³-hybridized carbons (Fsp3) is 0.105. The second-order valence-corrected chi connectivity index (χ2v) is 6.97. The summed E-state index contributed by atoms with van der Waals surface area (Å²) in [6, 6.07) is 13.4. The van der Waals surface area contributed by atoms with Gasteiger partial charge in [-0.25, -0.2) is 4.98 Å². The molecule has 1 amide bonds. The van der Waals surface area contributed by atoms with Gasteiger partial charge in [0, 0.05) is 22.0 Å². The molecule has 11 heteroatoms. The summed E-state index contributed by atoms with van der Waals surface area (Å²) < 4.78 is 0. The highest BCUT2D eigenvalue weighted by Crippen LogP contribution is 2.36. The van der Waals surface area contributed by atoms with Crippen molar-refractivity contribution in [2.45, 2.75) is 5.60 Å². The molecule has 0 saturated heterocycles. The average Bonchev–Trinajstić information content (AvgIpc) is 2.99. The minimum absolute atomic E-state index is 0.0914. The Labute approximate surface area is 175 Å². The van der Waals surface area contributed by atoms with Gasteiger partial charge in [0.2, 0.25) is 11.8 Å². The third-order valence-electron chi connectivity index (χ3n) is 4.57. The summed E-state index contributed by atoms with van der Waals surface area (Å²) in [5.41, 5.74) is -0.819. The third kappa shape index (κ3) is 3.61. The van der Waals surface area contributed by atoms with Gasteiger partial charge in [-0.2, -0.15) is 4.98 Å². The predicted molar refractivity (Wildman–Crippen MR) is 111 cm³/mol. The number of aromatic nitrogens is 2. The standard InChI is InChI=1S/C19H15ClN6O4/c20-11-5-7-12(8-6-11)23-18-21-9-15(26(29)30)16(25-18)22-10-19(28)13-3-1-2-4-14(13)24-17(19)27/h1-9,28H,10H2,(H,24,27)(H2,21,22,23,25). The zero-order valence-corrected chi connectivity index (χ0v) is 16.1. The molecule has 10 nitrogen and oxygen atoms in total. The number of hydrogen-bond acceptors (Lipinski definition) is 8. The van der Waals surface area contributed by atoms with E-state index < -0.39 is 22.1 Å². The molecule has 0 fully saturated rings. The molecule has 0 aliphatic carbocycles. The van der Waals surface area contributed by atoms with Gasteiger partial charge >= 0.3 is 5.69 Å². The number of carbonyl (C=O) groups is 1. The van der Waals surface area contributed by atoms with E-state index in [4.69, 9.17) is 11.6 Å². The Morgan fingerprint density at radius 1 is 1.20 bits per heavy atom. The van der Waals surface area contributed by atoms with Gasteiger partial charge in [0.15, 0.2) is 5.60 Å². The number of halogens is 1. The number of amides is 1. The van der Waals surface area contributed by atoms with Crippen molar-refractivity contribution in [2.75, 3.05) is 22.5 Å². The quantitative estimate of drug-likeness (QED) is 0.348. The first-order valence-corrected chi connectivity index (χ1v) is 9.16. The topological polar surface area (TPSA) is 142 Å². The monoisotopic (exact) mass is 426 g/mol. The normalized spacial score (nSPS) is 17.2. The van der Waals surface area contributed by atoms with Crippen LogP contribution in [-0.4, -0.2) is 32.4 Å². The fourth-order valence-corrected chi connectivity index (χ4v) is 3.18. The van der Waals surface area contributed by atoms with Crippen LogP contribution >= 0.6 is 11.6 Å². The zero-order valence-electron chi connectivity index (χ0n) is 15.3. The first-order chi connectivity index (χ1) is 14.4. The molecular formula is C19H15ClN6O4. The molecule has 3 aromatic rings. The van der Waals surface area contributed by atoms with Crippen molar-refractivity contribution in [3.63, 3.8) is 0 Å². The summed E-state index contributed by atoms with van der Waals surface area (Å²) >= 11 is 5.86. The summed E-state index contributed by atoms with van der Waals surface area (Å²) in [5.74, 6) is -0.682. The molecule has 4 N–H and O–H groups in total. The van der Waals surface area contributed by atoms with Gasteiger partial charge in [0.1, 0.15) is 6.20 Å². The van der Waals surface area contributed by atoms with Crippen molar-refractivity contribution in [3.05, 3.63) is 75.4 Å². The number of nitro groups is 1. The van der Waals surface area contributed by atoms with Crippen LogP contribution in [-0.2, 0) is 10.4 Å². The lowest BCUT2D eigenvalue weighted by Crippen LogP contribution is -2.41. The average molecular weight is 427 g/mol. The van der Waals surface area contributed by atoms with Gasteiger partial charge in [-0.1, -0.05) is 29.8 Å². The van der Waals surface area contributed by atoms with Gasteiger partial charge in [0.05, 0.1) is 11.5 Å². The maximum Gasteiger partial charge on any atom is 0.329 e. The van der Waals surface area contributed by atoms with Crippen molar-refractivity contribution in [1.29, 1.82) is 0 Å². The SMILES string of the molecule is O=C1Nc2ccccc2C1(O)CNc1nc(Nc2ccc(Cl)cc2)ncc1[N+](=O)[O-]. The van der Waals surface area contributed by atoms with Crippen molar-refractivity contribution in [3.8, 4) is 0 Å². The number of aliphatic hydroxyl groups is 1. The van der Waals surface area contributed by atoms with Gasteiger partial charge in [-0.3, -0.25) is 14.9 Å². The maximum atomic E-state index is 12.3. The van der Waals surface area contributed by atoms with E-state index in [1.54, 1.807) is 48.5 Å². The van der Waals surface area contributed by atoms with E-state index in [1.165, 1.54) is 0 Å². The van der Waals surface area contributed by atoms with E-state index in [1.807, 2.05) is 0 Å². The predicted octanol–water partition coefficient (Wildman–Crippen LogP) is 3.03. The summed E-state index contributed by atoms with van der Waals surface area (Å²) in [7, 11) is 0. The number of nitrogens with one attached hydrogen (secondary N) is 3. The van der Waals surface area contributed by atoms with Crippen LogP contribution < -0.4 is 16.0 Å². The largest absolute Gasteiger partial charge is 0.374 e. The van der Waals surface area contributed by atoms with Gasteiger partial charge in [0.25, 0.3) is 5.91 Å². The van der Waals surface area contributed by atoms with Crippen LogP contribution in [0.5, 0.6) is 0 Å². The van der Waals surface area contributed by atoms with Crippen molar-refractivity contribution in [1.82, 2.24) is 9.97 Å². The molecule has 0 radical (unpaired) electrons. The lowest BCUT2D eigenvalue weighted by Gasteiger charge is -2.21. The molecule has 1 atom stereocenters. The van der Waals surface area contributed by atoms with E-state index in [0.717, 1.165) is 6.20 Å². The van der Waals surface area contributed by atoms with Gasteiger partial charge < -0.3 is 21.1 Å².